The highest BCUT2D eigenvalue weighted by Gasteiger charge is 2.35. The average Bonchev–Trinajstić information content (AvgIpc) is 2.91. The van der Waals surface area contributed by atoms with Crippen LogP contribution in [0.2, 0.25) is 0 Å². The Morgan fingerprint density at radius 3 is 2.54 bits per heavy atom. The van der Waals surface area contributed by atoms with Crippen LogP contribution in [-0.4, -0.2) is 40.1 Å². The maximum Gasteiger partial charge on any atom is 0.281 e. The van der Waals surface area contributed by atoms with E-state index in [9.17, 15) is 14.9 Å². The van der Waals surface area contributed by atoms with Crippen molar-refractivity contribution >= 4 is 40.3 Å². The van der Waals surface area contributed by atoms with E-state index in [0.717, 1.165) is 5.69 Å². The van der Waals surface area contributed by atoms with Gasteiger partial charge in [0.1, 0.15) is 0 Å². The third-order valence-electron chi connectivity index (χ3n) is 3.55. The minimum Gasteiger partial charge on any atom is -0.267 e. The Hall–Kier alpha value is -2.97. The van der Waals surface area contributed by atoms with Crippen molar-refractivity contribution in [2.24, 2.45) is 4.99 Å². The fraction of sp³-hybridized carbons (Fsp3) is 0.111. The Bertz CT molecular complexity index is 910. The molecule has 0 unspecified atom stereocenters. The van der Waals surface area contributed by atoms with Gasteiger partial charge in [0.15, 0.2) is 5.17 Å². The molecule has 1 fully saturated rings. The van der Waals surface area contributed by atoms with Gasteiger partial charge in [-0.05, 0) is 35.5 Å². The van der Waals surface area contributed by atoms with Gasteiger partial charge in [-0.15, -0.1) is 0 Å². The Morgan fingerprint density at radius 2 is 1.88 bits per heavy atom. The topological polar surface area (TPSA) is 79.0 Å². The Morgan fingerprint density at radius 1 is 1.15 bits per heavy atom. The predicted molar refractivity (Wildman–Crippen MR) is 103 cm³/mol. The molecular formula is C18H16N4O3S. The molecule has 0 radical (unpaired) electrons. The van der Waals surface area contributed by atoms with Crippen molar-refractivity contribution in [3.63, 3.8) is 0 Å². The van der Waals surface area contributed by atoms with Crippen molar-refractivity contribution in [1.82, 2.24) is 10.0 Å². The van der Waals surface area contributed by atoms with Crippen LogP contribution in [0.1, 0.15) is 5.56 Å². The van der Waals surface area contributed by atoms with Gasteiger partial charge in [-0.2, -0.15) is 0 Å². The van der Waals surface area contributed by atoms with Crippen LogP contribution in [-0.2, 0) is 4.79 Å². The summed E-state index contributed by atoms with van der Waals surface area (Å²) in [6.07, 6.45) is 1.64. The number of aliphatic imine (C=N–C) groups is 1. The molecule has 0 N–H and O–H groups in total. The summed E-state index contributed by atoms with van der Waals surface area (Å²) >= 11 is 1.24. The third-order valence-corrected chi connectivity index (χ3v) is 4.50. The number of hydrazine groups is 1. The minimum atomic E-state index is -0.458. The number of hydrogen-bond donors (Lipinski definition) is 0. The number of amidine groups is 1. The van der Waals surface area contributed by atoms with Crippen LogP contribution in [0.25, 0.3) is 6.08 Å². The van der Waals surface area contributed by atoms with Crippen molar-refractivity contribution < 1.29 is 9.72 Å². The van der Waals surface area contributed by atoms with E-state index < -0.39 is 4.92 Å². The summed E-state index contributed by atoms with van der Waals surface area (Å²) in [7, 11) is 3.52. The van der Waals surface area contributed by atoms with E-state index in [1.54, 1.807) is 37.3 Å². The van der Waals surface area contributed by atoms with Gasteiger partial charge in [0.05, 0.1) is 15.5 Å². The van der Waals surface area contributed by atoms with E-state index >= 15 is 0 Å². The van der Waals surface area contributed by atoms with Crippen LogP contribution >= 0.6 is 11.8 Å². The molecule has 0 atom stereocenters. The van der Waals surface area contributed by atoms with E-state index in [0.29, 0.717) is 15.6 Å². The van der Waals surface area contributed by atoms with Crippen LogP contribution in [0.3, 0.4) is 0 Å². The van der Waals surface area contributed by atoms with E-state index in [2.05, 4.69) is 4.99 Å². The van der Waals surface area contributed by atoms with Gasteiger partial charge < -0.3 is 0 Å². The summed E-state index contributed by atoms with van der Waals surface area (Å²) in [5, 5.41) is 14.6. The second-order valence-corrected chi connectivity index (χ2v) is 6.67. The molecule has 0 bridgehead atoms. The molecule has 1 amide bonds. The normalized spacial score (nSPS) is 17.5. The minimum absolute atomic E-state index is 0.0163. The highest BCUT2D eigenvalue weighted by atomic mass is 32.2. The van der Waals surface area contributed by atoms with Crippen LogP contribution in [0.15, 0.2) is 64.5 Å². The van der Waals surface area contributed by atoms with Crippen molar-refractivity contribution in [2.75, 3.05) is 14.1 Å². The molecule has 2 aromatic rings. The third kappa shape index (κ3) is 3.81. The van der Waals surface area contributed by atoms with Gasteiger partial charge >= 0.3 is 0 Å². The van der Waals surface area contributed by atoms with E-state index in [1.165, 1.54) is 28.9 Å². The fourth-order valence-electron chi connectivity index (χ4n) is 2.38. The first-order valence-electron chi connectivity index (χ1n) is 7.75. The molecule has 0 spiro atoms. The van der Waals surface area contributed by atoms with Crippen LogP contribution < -0.4 is 0 Å². The Kier molecular flexibility index (Phi) is 5.15. The number of non-ortho nitro benzene ring substituents is 1. The van der Waals surface area contributed by atoms with E-state index in [4.69, 9.17) is 0 Å². The Labute approximate surface area is 154 Å². The SMILES string of the molecule is CN(C)N1C(=O)/C(=C\c2cccc([N+](=O)[O-])c2)SC1=Nc1ccccc1. The number of nitro benzene ring substituents is 1. The van der Waals surface area contributed by atoms with Gasteiger partial charge in [-0.3, -0.25) is 14.9 Å². The molecule has 1 heterocycles. The largest absolute Gasteiger partial charge is 0.281 e. The zero-order valence-electron chi connectivity index (χ0n) is 14.2. The summed E-state index contributed by atoms with van der Waals surface area (Å²) in [5.41, 5.74) is 1.32. The molecule has 7 nitrogen and oxygen atoms in total. The number of thioether (sulfide) groups is 1. The van der Waals surface area contributed by atoms with Crippen molar-refractivity contribution in [3.05, 3.63) is 75.2 Å². The van der Waals surface area contributed by atoms with Gasteiger partial charge in [0, 0.05) is 26.2 Å². The lowest BCUT2D eigenvalue weighted by molar-refractivity contribution is -0.384. The molecule has 3 rings (SSSR count). The number of benzene rings is 2. The first-order chi connectivity index (χ1) is 12.5. The molecular weight excluding hydrogens is 352 g/mol. The second kappa shape index (κ2) is 7.51. The number of hydrogen-bond acceptors (Lipinski definition) is 6. The van der Waals surface area contributed by atoms with Gasteiger partial charge in [0.2, 0.25) is 0 Å². The predicted octanol–water partition coefficient (Wildman–Crippen LogP) is 3.68. The van der Waals surface area contributed by atoms with Gasteiger partial charge in [-0.25, -0.2) is 15.0 Å². The van der Waals surface area contributed by atoms with Crippen molar-refractivity contribution in [3.8, 4) is 0 Å². The number of nitrogens with zero attached hydrogens (tertiary/aromatic N) is 4. The van der Waals surface area contributed by atoms with Gasteiger partial charge in [0.25, 0.3) is 11.6 Å². The fourth-order valence-corrected chi connectivity index (χ4v) is 3.43. The van der Waals surface area contributed by atoms with Crippen LogP contribution in [0.5, 0.6) is 0 Å². The molecule has 1 aliphatic heterocycles. The number of rotatable bonds is 4. The molecule has 26 heavy (non-hydrogen) atoms. The van der Waals surface area contributed by atoms with E-state index in [-0.39, 0.29) is 11.6 Å². The number of nitro groups is 1. The smallest absolute Gasteiger partial charge is 0.267 e. The van der Waals surface area contributed by atoms with Crippen molar-refractivity contribution in [1.29, 1.82) is 0 Å². The Balaban J connectivity index is 1.97. The lowest BCUT2D eigenvalue weighted by Gasteiger charge is -2.22. The average molecular weight is 368 g/mol. The first-order valence-corrected chi connectivity index (χ1v) is 8.57. The first kappa shape index (κ1) is 17.8. The molecule has 0 aliphatic carbocycles. The maximum atomic E-state index is 12.8. The maximum absolute atomic E-state index is 12.8. The lowest BCUT2D eigenvalue weighted by Crippen LogP contribution is -2.40. The highest BCUT2D eigenvalue weighted by Crippen LogP contribution is 2.34. The highest BCUT2D eigenvalue weighted by molar-refractivity contribution is 8.18. The molecule has 1 saturated heterocycles. The van der Waals surface area contributed by atoms with Crippen LogP contribution in [0.4, 0.5) is 11.4 Å². The standard InChI is InChI=1S/C18H16N4O3S/c1-20(2)21-17(23)16(12-13-7-6-10-15(11-13)22(24)25)26-18(21)19-14-8-4-3-5-9-14/h3-12H,1-2H3/b16-12+,19-18?. The quantitative estimate of drug-likeness (QED) is 0.467. The van der Waals surface area contributed by atoms with Crippen LogP contribution in [0, 0.1) is 10.1 Å². The van der Waals surface area contributed by atoms with Crippen molar-refractivity contribution in [2.45, 2.75) is 0 Å². The lowest BCUT2D eigenvalue weighted by atomic mass is 10.2. The summed E-state index contributed by atoms with van der Waals surface area (Å²) in [6, 6.07) is 15.5. The van der Waals surface area contributed by atoms with Gasteiger partial charge in [-0.1, -0.05) is 30.3 Å². The molecule has 2 aromatic carbocycles. The molecule has 132 valence electrons. The number of carbonyl (C=O) groups excluding carboxylic acids is 1. The summed E-state index contributed by atoms with van der Waals surface area (Å²) in [6.45, 7) is 0. The summed E-state index contributed by atoms with van der Waals surface area (Å²) < 4.78 is 0. The second-order valence-electron chi connectivity index (χ2n) is 5.66. The monoisotopic (exact) mass is 368 g/mol. The molecule has 0 saturated carbocycles. The summed E-state index contributed by atoms with van der Waals surface area (Å²) in [5.74, 6) is -0.221. The number of amides is 1. The number of carbonyl (C=O) groups is 1. The molecule has 1 aliphatic rings. The number of para-hydroxylation sites is 1. The van der Waals surface area contributed by atoms with E-state index in [1.807, 2.05) is 30.3 Å². The summed E-state index contributed by atoms with van der Waals surface area (Å²) in [4.78, 5) is 28.2. The molecule has 0 aromatic heterocycles. The molecule has 8 heteroatoms. The zero-order chi connectivity index (χ0) is 18.7. The zero-order valence-corrected chi connectivity index (χ0v) is 15.0.